The maximum absolute atomic E-state index is 11.5. The lowest BCUT2D eigenvalue weighted by molar-refractivity contribution is -0.116. The molecule has 0 aliphatic heterocycles. The Kier molecular flexibility index (Phi) is 6.77. The summed E-state index contributed by atoms with van der Waals surface area (Å²) in [6, 6.07) is 6.01. The van der Waals surface area contributed by atoms with Crippen LogP contribution in [0.5, 0.6) is 0 Å². The normalized spacial score (nSPS) is 9.44. The molecule has 1 aromatic rings. The molecule has 0 fully saturated rings. The molecule has 0 bridgehead atoms. The van der Waals surface area contributed by atoms with E-state index in [9.17, 15) is 4.79 Å². The largest absolute Gasteiger partial charge is 0.326 e. The summed E-state index contributed by atoms with van der Waals surface area (Å²) in [5.41, 5.74) is 3.22. The number of hydrogen-bond acceptors (Lipinski definition) is 2. The van der Waals surface area contributed by atoms with Gasteiger partial charge >= 0.3 is 0 Å². The van der Waals surface area contributed by atoms with Gasteiger partial charge in [0.25, 0.3) is 0 Å². The number of benzene rings is 1. The fraction of sp³-hybridized carbons (Fsp3) is 0.417. The van der Waals surface area contributed by atoms with Crippen molar-refractivity contribution in [3.63, 3.8) is 0 Å². The van der Waals surface area contributed by atoms with E-state index in [-0.39, 0.29) is 18.3 Å². The third-order valence-corrected chi connectivity index (χ3v) is 2.26. The highest BCUT2D eigenvalue weighted by Gasteiger charge is 2.03. The van der Waals surface area contributed by atoms with Gasteiger partial charge in [-0.1, -0.05) is 17.7 Å². The summed E-state index contributed by atoms with van der Waals surface area (Å²) in [6.45, 7) is 4.75. The molecule has 0 unspecified atom stereocenters. The molecule has 1 aromatic carbocycles. The third-order valence-electron chi connectivity index (χ3n) is 2.26. The zero-order chi connectivity index (χ0) is 11.3. The van der Waals surface area contributed by atoms with Gasteiger partial charge in [0.1, 0.15) is 0 Å². The SMILES string of the molecule is CNCCC(=O)Nc1ccc(C)cc1C.Cl. The molecule has 0 aliphatic rings. The van der Waals surface area contributed by atoms with E-state index in [1.807, 2.05) is 33.0 Å². The van der Waals surface area contributed by atoms with Gasteiger partial charge in [-0.05, 0) is 32.5 Å². The lowest BCUT2D eigenvalue weighted by atomic mass is 10.1. The molecule has 0 heterocycles. The minimum absolute atomic E-state index is 0. The highest BCUT2D eigenvalue weighted by molar-refractivity contribution is 5.91. The molecule has 0 spiro atoms. The van der Waals surface area contributed by atoms with Crippen LogP contribution in [0.1, 0.15) is 17.5 Å². The molecule has 0 atom stereocenters. The maximum atomic E-state index is 11.5. The van der Waals surface area contributed by atoms with Crippen LogP contribution in [0.25, 0.3) is 0 Å². The number of halogens is 1. The van der Waals surface area contributed by atoms with Gasteiger partial charge in [-0.2, -0.15) is 0 Å². The van der Waals surface area contributed by atoms with Gasteiger partial charge in [0, 0.05) is 18.7 Å². The second-order valence-corrected chi connectivity index (χ2v) is 3.72. The minimum Gasteiger partial charge on any atom is -0.326 e. The van der Waals surface area contributed by atoms with Crippen LogP contribution in [-0.2, 0) is 4.79 Å². The van der Waals surface area contributed by atoms with Crippen molar-refractivity contribution in [3.8, 4) is 0 Å². The van der Waals surface area contributed by atoms with Crippen LogP contribution in [0.3, 0.4) is 0 Å². The van der Waals surface area contributed by atoms with Gasteiger partial charge in [0.05, 0.1) is 0 Å². The molecule has 2 N–H and O–H groups in total. The number of nitrogens with one attached hydrogen (secondary N) is 2. The molecule has 90 valence electrons. The van der Waals surface area contributed by atoms with Gasteiger partial charge in [-0.15, -0.1) is 12.4 Å². The molecule has 4 heteroatoms. The molecule has 1 rings (SSSR count). The molecule has 0 aliphatic carbocycles. The Hall–Kier alpha value is -1.06. The van der Waals surface area contributed by atoms with Crippen LogP contribution in [0.2, 0.25) is 0 Å². The van der Waals surface area contributed by atoms with E-state index in [2.05, 4.69) is 16.7 Å². The van der Waals surface area contributed by atoms with Crippen LogP contribution in [0, 0.1) is 13.8 Å². The number of hydrogen-bond donors (Lipinski definition) is 2. The van der Waals surface area contributed by atoms with E-state index in [0.717, 1.165) is 11.3 Å². The van der Waals surface area contributed by atoms with Crippen LogP contribution in [0.4, 0.5) is 5.69 Å². The van der Waals surface area contributed by atoms with Crippen molar-refractivity contribution < 1.29 is 4.79 Å². The Morgan fingerprint density at radius 1 is 1.31 bits per heavy atom. The molecule has 0 saturated heterocycles. The molecule has 0 saturated carbocycles. The number of rotatable bonds is 4. The quantitative estimate of drug-likeness (QED) is 0.851. The van der Waals surface area contributed by atoms with Crippen LogP contribution >= 0.6 is 12.4 Å². The topological polar surface area (TPSA) is 41.1 Å². The van der Waals surface area contributed by atoms with E-state index in [1.54, 1.807) is 0 Å². The fourth-order valence-corrected chi connectivity index (χ4v) is 1.41. The Bertz CT molecular complexity index is 353. The van der Waals surface area contributed by atoms with Crippen LogP contribution in [0.15, 0.2) is 18.2 Å². The van der Waals surface area contributed by atoms with E-state index in [4.69, 9.17) is 0 Å². The summed E-state index contributed by atoms with van der Waals surface area (Å²) < 4.78 is 0. The fourth-order valence-electron chi connectivity index (χ4n) is 1.41. The number of anilines is 1. The summed E-state index contributed by atoms with van der Waals surface area (Å²) in [7, 11) is 1.84. The van der Waals surface area contributed by atoms with Crippen LogP contribution in [-0.4, -0.2) is 19.5 Å². The number of aryl methyl sites for hydroxylation is 2. The lowest BCUT2D eigenvalue weighted by Crippen LogP contribution is -2.19. The Morgan fingerprint density at radius 3 is 2.56 bits per heavy atom. The number of amides is 1. The summed E-state index contributed by atoms with van der Waals surface area (Å²) in [5, 5.41) is 5.84. The minimum atomic E-state index is 0. The highest BCUT2D eigenvalue weighted by Crippen LogP contribution is 2.15. The van der Waals surface area contributed by atoms with Gasteiger partial charge in [0.15, 0.2) is 0 Å². The number of carbonyl (C=O) groups is 1. The second kappa shape index (κ2) is 7.25. The third kappa shape index (κ3) is 4.64. The van der Waals surface area contributed by atoms with E-state index in [0.29, 0.717) is 13.0 Å². The van der Waals surface area contributed by atoms with Crippen molar-refractivity contribution in [2.45, 2.75) is 20.3 Å². The first-order chi connectivity index (χ1) is 7.13. The summed E-state index contributed by atoms with van der Waals surface area (Å²) in [5.74, 6) is 0.0521. The smallest absolute Gasteiger partial charge is 0.225 e. The van der Waals surface area contributed by atoms with Crippen LogP contribution < -0.4 is 10.6 Å². The first-order valence-corrected chi connectivity index (χ1v) is 5.15. The van der Waals surface area contributed by atoms with Crippen molar-refractivity contribution in [2.24, 2.45) is 0 Å². The molecular weight excluding hydrogens is 224 g/mol. The summed E-state index contributed by atoms with van der Waals surface area (Å²) >= 11 is 0. The first-order valence-electron chi connectivity index (χ1n) is 5.15. The van der Waals surface area contributed by atoms with E-state index < -0.39 is 0 Å². The van der Waals surface area contributed by atoms with E-state index in [1.165, 1.54) is 5.56 Å². The standard InChI is InChI=1S/C12H18N2O.ClH/c1-9-4-5-11(10(2)8-9)14-12(15)6-7-13-3;/h4-5,8,13H,6-7H2,1-3H3,(H,14,15);1H. The zero-order valence-electron chi connectivity index (χ0n) is 9.96. The van der Waals surface area contributed by atoms with E-state index >= 15 is 0 Å². The maximum Gasteiger partial charge on any atom is 0.225 e. The Balaban J connectivity index is 0.00000225. The van der Waals surface area contributed by atoms with Gasteiger partial charge in [-0.3, -0.25) is 4.79 Å². The molecule has 0 radical (unpaired) electrons. The average molecular weight is 243 g/mol. The molecule has 0 aromatic heterocycles. The summed E-state index contributed by atoms with van der Waals surface area (Å²) in [6.07, 6.45) is 0.504. The molecule has 3 nitrogen and oxygen atoms in total. The monoisotopic (exact) mass is 242 g/mol. The van der Waals surface area contributed by atoms with Gasteiger partial charge in [-0.25, -0.2) is 0 Å². The van der Waals surface area contributed by atoms with Crippen molar-refractivity contribution in [1.82, 2.24) is 5.32 Å². The first kappa shape index (κ1) is 14.9. The van der Waals surface area contributed by atoms with Gasteiger partial charge in [0.2, 0.25) is 5.91 Å². The highest BCUT2D eigenvalue weighted by atomic mass is 35.5. The average Bonchev–Trinajstić information content (AvgIpc) is 2.19. The van der Waals surface area contributed by atoms with Crippen molar-refractivity contribution >= 4 is 24.0 Å². The van der Waals surface area contributed by atoms with Crippen molar-refractivity contribution in [3.05, 3.63) is 29.3 Å². The van der Waals surface area contributed by atoms with Crippen molar-refractivity contribution in [2.75, 3.05) is 18.9 Å². The molecular formula is C12H19ClN2O. The molecule has 1 amide bonds. The lowest BCUT2D eigenvalue weighted by Gasteiger charge is -2.08. The number of carbonyl (C=O) groups excluding carboxylic acids is 1. The van der Waals surface area contributed by atoms with Crippen molar-refractivity contribution in [1.29, 1.82) is 0 Å². The second-order valence-electron chi connectivity index (χ2n) is 3.72. The predicted molar refractivity (Wildman–Crippen MR) is 70.3 cm³/mol. The predicted octanol–water partition coefficient (Wildman–Crippen LogP) is 2.27. The Morgan fingerprint density at radius 2 is 2.00 bits per heavy atom. The zero-order valence-corrected chi connectivity index (χ0v) is 10.8. The molecule has 16 heavy (non-hydrogen) atoms. The summed E-state index contributed by atoms with van der Waals surface area (Å²) in [4.78, 5) is 11.5. The van der Waals surface area contributed by atoms with Gasteiger partial charge < -0.3 is 10.6 Å². The Labute approximate surface area is 103 Å².